The van der Waals surface area contributed by atoms with E-state index < -0.39 is 28.8 Å². The highest BCUT2D eigenvalue weighted by atomic mass is 16.5. The Kier molecular flexibility index (Phi) is 10.1. The second kappa shape index (κ2) is 15.9. The summed E-state index contributed by atoms with van der Waals surface area (Å²) >= 11 is 0. The fraction of sp³-hybridized carbons (Fsp3) is 0.647. The van der Waals surface area contributed by atoms with Gasteiger partial charge in [0.2, 0.25) is 11.4 Å². The van der Waals surface area contributed by atoms with E-state index in [0.717, 1.165) is 80.6 Å². The number of carboxylic acids is 1. The Morgan fingerprint density at radius 3 is 1.54 bits per heavy atom. The van der Waals surface area contributed by atoms with Crippen LogP contribution < -0.4 is 15.9 Å². The van der Waals surface area contributed by atoms with E-state index in [1.54, 1.807) is 16.7 Å². The third kappa shape index (κ3) is 7.07. The Morgan fingerprint density at radius 1 is 0.508 bits per heavy atom. The molecule has 4 aromatic rings. The van der Waals surface area contributed by atoms with E-state index in [0.29, 0.717) is 47.3 Å². The number of carbonyl (C=O) groups excluding carboxylic acids is 1. The molecule has 6 heterocycles. The quantitative estimate of drug-likeness (QED) is 0.142. The van der Waals surface area contributed by atoms with Crippen LogP contribution in [0.25, 0.3) is 22.1 Å². The Balaban J connectivity index is 0.823. The number of rotatable bonds is 7. The Hall–Kier alpha value is -4.42. The molecule has 2 aromatic heterocycles. The first-order valence-electron chi connectivity index (χ1n) is 24.8. The SMILES string of the molecule is O=C(O)c1nc2cc(OC(=O)c3nc4ccccc4n(C4C[C@H]5CC[C@@H](C4)N5C4CC5CCCC(C5)C4)c3=O)ccc2n(C2C[C@H]3CCC[C@@H](C2)N3C2CC3CCCC(C3)C2)c1=O. The molecule has 4 aliphatic heterocycles. The summed E-state index contributed by atoms with van der Waals surface area (Å²) in [4.78, 5) is 70.0. The lowest BCUT2D eigenvalue weighted by atomic mass is 9.68. The fourth-order valence-electron chi connectivity index (χ4n) is 15.6. The monoisotopic (exact) mass is 854 g/mol. The molecule has 8 aliphatic rings. The van der Waals surface area contributed by atoms with Gasteiger partial charge in [0, 0.05) is 54.4 Å². The molecule has 1 N–H and O–H groups in total. The lowest BCUT2D eigenvalue weighted by Gasteiger charge is -2.55. The van der Waals surface area contributed by atoms with Gasteiger partial charge in [-0.05, 0) is 138 Å². The highest BCUT2D eigenvalue weighted by Gasteiger charge is 2.48. The molecule has 0 radical (unpaired) electrons. The molecule has 10 atom stereocenters. The Bertz CT molecular complexity index is 2540. The van der Waals surface area contributed by atoms with E-state index in [2.05, 4.69) is 19.8 Å². The van der Waals surface area contributed by atoms with Crippen LogP contribution in [0, 0.1) is 23.7 Å². The lowest BCUT2D eigenvalue weighted by molar-refractivity contribution is -0.0486. The highest BCUT2D eigenvalue weighted by Crippen LogP contribution is 2.50. The number of nitrogens with zero attached hydrogens (tertiary/aromatic N) is 6. The zero-order valence-corrected chi connectivity index (χ0v) is 36.5. The molecule has 12 heteroatoms. The average Bonchev–Trinajstić information content (AvgIpc) is 3.54. The van der Waals surface area contributed by atoms with Crippen LogP contribution in [0.15, 0.2) is 52.1 Å². The standard InChI is InChI=1S/C51H62N6O6/c58-48-46(50(60)61)53-43-28-41(16-17-45(43)57(48)39-24-33-10-5-11-34(25-39)54(33)37-20-29-6-3-7-30(18-29)21-37)63-51(62)47-49(59)56(44-13-2-1-12-42(44)52-47)40-26-35-14-15-36(27-40)55(35)38-22-31-8-4-9-32(19-31)23-38/h1-2,12-13,16-17,28-40H,3-11,14-15,18-27H2,(H,60,61)/t29?,30?,31?,32?,33-,34+,35-,36+,37?,38?,39?,40?. The zero-order chi connectivity index (χ0) is 42.5. The van der Waals surface area contributed by atoms with Crippen molar-refractivity contribution in [2.24, 2.45) is 23.7 Å². The number of aromatic carboxylic acids is 1. The van der Waals surface area contributed by atoms with Crippen molar-refractivity contribution in [2.75, 3.05) is 0 Å². The first kappa shape index (κ1) is 40.1. The maximum absolute atomic E-state index is 14.6. The molecule has 8 bridgehead atoms. The molecule has 0 spiro atoms. The topological polar surface area (TPSA) is 140 Å². The van der Waals surface area contributed by atoms with Gasteiger partial charge in [-0.1, -0.05) is 57.1 Å². The maximum atomic E-state index is 14.6. The molecule has 4 saturated carbocycles. The van der Waals surface area contributed by atoms with Crippen LogP contribution in [-0.2, 0) is 0 Å². The van der Waals surface area contributed by atoms with E-state index in [-0.39, 0.29) is 29.0 Å². The maximum Gasteiger partial charge on any atom is 0.368 e. The van der Waals surface area contributed by atoms with E-state index in [1.807, 2.05) is 28.8 Å². The van der Waals surface area contributed by atoms with Gasteiger partial charge in [0.15, 0.2) is 0 Å². The van der Waals surface area contributed by atoms with Crippen LogP contribution >= 0.6 is 0 Å². The summed E-state index contributed by atoms with van der Waals surface area (Å²) in [6, 6.07) is 15.0. The van der Waals surface area contributed by atoms with Crippen molar-refractivity contribution >= 4 is 34.0 Å². The molecule has 4 aliphatic carbocycles. The summed E-state index contributed by atoms with van der Waals surface area (Å²) in [7, 11) is 0. The van der Waals surface area contributed by atoms with Crippen molar-refractivity contribution in [1.82, 2.24) is 28.9 Å². The number of benzene rings is 2. The summed E-state index contributed by atoms with van der Waals surface area (Å²) < 4.78 is 9.46. The molecule has 8 fully saturated rings. The molecular weight excluding hydrogens is 793 g/mol. The van der Waals surface area contributed by atoms with Crippen molar-refractivity contribution < 1.29 is 19.4 Å². The van der Waals surface area contributed by atoms with Crippen molar-refractivity contribution in [3.8, 4) is 5.75 Å². The molecule has 0 amide bonds. The van der Waals surface area contributed by atoms with Gasteiger partial charge in [-0.15, -0.1) is 0 Å². The number of hydrogen-bond donors (Lipinski definition) is 1. The number of carbonyl (C=O) groups is 2. The number of esters is 1. The molecule has 4 saturated heterocycles. The highest BCUT2D eigenvalue weighted by molar-refractivity contribution is 5.92. The van der Waals surface area contributed by atoms with Crippen LogP contribution in [0.5, 0.6) is 5.75 Å². The summed E-state index contributed by atoms with van der Waals surface area (Å²) in [6.07, 6.45) is 25.1. The normalized spacial score (nSPS) is 35.4. The van der Waals surface area contributed by atoms with Crippen molar-refractivity contribution in [3.63, 3.8) is 0 Å². The summed E-state index contributed by atoms with van der Waals surface area (Å²) in [5, 5.41) is 10.2. The average molecular weight is 855 g/mol. The van der Waals surface area contributed by atoms with Crippen LogP contribution in [0.4, 0.5) is 0 Å². The number of para-hydroxylation sites is 2. The third-order valence-electron chi connectivity index (χ3n) is 17.8. The number of ether oxygens (including phenoxy) is 1. The third-order valence-corrected chi connectivity index (χ3v) is 17.8. The summed E-state index contributed by atoms with van der Waals surface area (Å²) in [5.41, 5.74) is 0.237. The lowest BCUT2D eigenvalue weighted by Crippen LogP contribution is -2.58. The van der Waals surface area contributed by atoms with Gasteiger partial charge in [0.25, 0.3) is 11.1 Å². The predicted molar refractivity (Wildman–Crippen MR) is 239 cm³/mol. The summed E-state index contributed by atoms with van der Waals surface area (Å²) in [6.45, 7) is 0. The molecule has 12 rings (SSSR count). The van der Waals surface area contributed by atoms with Gasteiger partial charge in [-0.2, -0.15) is 0 Å². The van der Waals surface area contributed by atoms with Crippen molar-refractivity contribution in [1.29, 1.82) is 0 Å². The first-order chi connectivity index (χ1) is 30.7. The molecule has 63 heavy (non-hydrogen) atoms. The van der Waals surface area contributed by atoms with E-state index >= 15 is 0 Å². The van der Waals surface area contributed by atoms with Crippen LogP contribution in [0.3, 0.4) is 0 Å². The number of hydrogen-bond acceptors (Lipinski definition) is 9. The summed E-state index contributed by atoms with van der Waals surface area (Å²) in [5.74, 6) is 1.23. The minimum absolute atomic E-state index is 0.0569. The second-order valence-electron chi connectivity index (χ2n) is 21.4. The van der Waals surface area contributed by atoms with Gasteiger partial charge in [-0.3, -0.25) is 19.4 Å². The van der Waals surface area contributed by atoms with Crippen LogP contribution in [0.2, 0.25) is 0 Å². The number of fused-ring (bicyclic) bond motifs is 10. The molecule has 2 aromatic carbocycles. The predicted octanol–water partition coefficient (Wildman–Crippen LogP) is 8.69. The Morgan fingerprint density at radius 2 is 0.984 bits per heavy atom. The van der Waals surface area contributed by atoms with E-state index in [4.69, 9.17) is 4.74 Å². The minimum atomic E-state index is -1.38. The minimum Gasteiger partial charge on any atom is -0.476 e. The van der Waals surface area contributed by atoms with Gasteiger partial charge in [0.05, 0.1) is 22.1 Å². The number of carboxylic acid groups (broad SMARTS) is 1. The van der Waals surface area contributed by atoms with E-state index in [1.165, 1.54) is 89.5 Å². The van der Waals surface area contributed by atoms with Crippen LogP contribution in [-0.4, -0.2) is 82.2 Å². The fourth-order valence-corrected chi connectivity index (χ4v) is 15.6. The van der Waals surface area contributed by atoms with Gasteiger partial charge in [0.1, 0.15) is 5.75 Å². The number of aromatic nitrogens is 4. The van der Waals surface area contributed by atoms with Crippen molar-refractivity contribution in [3.05, 3.63) is 74.6 Å². The Labute approximate surface area is 368 Å². The van der Waals surface area contributed by atoms with Crippen molar-refractivity contribution in [2.45, 2.75) is 183 Å². The largest absolute Gasteiger partial charge is 0.476 e. The molecule has 332 valence electrons. The van der Waals surface area contributed by atoms with Gasteiger partial charge < -0.3 is 19.0 Å². The number of piperidine rings is 3. The zero-order valence-electron chi connectivity index (χ0n) is 36.5. The molecule has 6 unspecified atom stereocenters. The first-order valence-corrected chi connectivity index (χ1v) is 24.8. The van der Waals surface area contributed by atoms with Crippen LogP contribution in [0.1, 0.15) is 168 Å². The van der Waals surface area contributed by atoms with E-state index in [9.17, 15) is 24.3 Å². The molecule has 12 nitrogen and oxygen atoms in total. The second-order valence-corrected chi connectivity index (χ2v) is 21.4. The smallest absolute Gasteiger partial charge is 0.368 e. The van der Waals surface area contributed by atoms with Gasteiger partial charge >= 0.3 is 11.9 Å². The van der Waals surface area contributed by atoms with Gasteiger partial charge in [-0.25, -0.2) is 19.6 Å². The molecular formula is C51H62N6O6.